The van der Waals surface area contributed by atoms with Gasteiger partial charge >= 0.3 is 23.9 Å². The molecule has 0 bridgehead atoms. The molecule has 22 heteroatoms. The van der Waals surface area contributed by atoms with E-state index in [4.69, 9.17) is 66.3 Å². The predicted molar refractivity (Wildman–Crippen MR) is 256 cm³/mol. The summed E-state index contributed by atoms with van der Waals surface area (Å²) in [5.41, 5.74) is 40.4. The Kier molecular flexibility index (Phi) is 78.4. The van der Waals surface area contributed by atoms with Crippen molar-refractivity contribution in [3.8, 4) is 0 Å². The molecule has 0 saturated carbocycles. The monoisotopic (exact) mass is 947 g/mol. The Bertz CT molecular complexity index is 1210. The van der Waals surface area contributed by atoms with E-state index in [9.17, 15) is 47.9 Å². The Labute approximate surface area is 389 Å². The van der Waals surface area contributed by atoms with E-state index in [1.807, 2.05) is 69.2 Å². The normalized spacial score (nSPS) is 12.0. The maximum Gasteiger partial charge on any atom is 0.320 e. The van der Waals surface area contributed by atoms with Crippen molar-refractivity contribution < 1.29 is 68.4 Å². The van der Waals surface area contributed by atoms with Gasteiger partial charge in [0, 0.05) is 44.4 Å². The lowest BCUT2D eigenvalue weighted by molar-refractivity contribution is -0.142. The first-order chi connectivity index (χ1) is 30.1. The van der Waals surface area contributed by atoms with Gasteiger partial charge in [-0.1, -0.05) is 104 Å². The highest BCUT2D eigenvalue weighted by Crippen LogP contribution is 2.10. The average molecular weight is 947 g/mol. The van der Waals surface area contributed by atoms with Crippen LogP contribution in [0.4, 0.5) is 0 Å². The first-order valence-corrected chi connectivity index (χ1v) is 22.2. The largest absolute Gasteiger partial charge is 0.481 e. The molecule has 0 fully saturated rings. The molecular weight excluding hydrogens is 853 g/mol. The molecule has 0 aliphatic carbocycles. The van der Waals surface area contributed by atoms with Gasteiger partial charge in [0.2, 0.25) is 23.6 Å². The molecule has 0 heterocycles. The summed E-state index contributed by atoms with van der Waals surface area (Å²) in [6, 6.07) is -3.43. The molecular formula is C43H94N8O14. The highest BCUT2D eigenvalue weighted by atomic mass is 16.4. The number of ketones is 2. The van der Waals surface area contributed by atoms with Crippen LogP contribution >= 0.6 is 0 Å². The van der Waals surface area contributed by atoms with Crippen LogP contribution in [0.3, 0.4) is 0 Å². The van der Waals surface area contributed by atoms with Gasteiger partial charge in [-0.2, -0.15) is 0 Å². The minimum Gasteiger partial charge on any atom is -0.481 e. The van der Waals surface area contributed by atoms with E-state index >= 15 is 0 Å². The van der Waals surface area contributed by atoms with E-state index in [0.717, 1.165) is 0 Å². The number of carbonyl (C=O) groups excluding carboxylic acids is 6. The Hall–Kier alpha value is -5.06. The minimum absolute atomic E-state index is 0.00741. The first kappa shape index (κ1) is 83.5. The van der Waals surface area contributed by atoms with Crippen molar-refractivity contribution in [1.29, 1.82) is 0 Å². The lowest BCUT2D eigenvalue weighted by Gasteiger charge is -2.12. The second-order valence-electron chi connectivity index (χ2n) is 12.3. The van der Waals surface area contributed by atoms with Crippen molar-refractivity contribution in [3.63, 3.8) is 0 Å². The van der Waals surface area contributed by atoms with Crippen LogP contribution in [0, 0.1) is 17.8 Å². The summed E-state index contributed by atoms with van der Waals surface area (Å²) in [5, 5.41) is 33.6. The van der Waals surface area contributed by atoms with Gasteiger partial charge < -0.3 is 66.3 Å². The number of rotatable bonds is 23. The number of nitrogens with two attached hydrogens (primary N) is 8. The maximum atomic E-state index is 10.8. The lowest BCUT2D eigenvalue weighted by Crippen LogP contribution is -2.38. The minimum atomic E-state index is -1.11. The van der Waals surface area contributed by atoms with Crippen molar-refractivity contribution >= 4 is 59.1 Å². The number of amides is 4. The fourth-order valence-corrected chi connectivity index (χ4v) is 3.44. The molecule has 0 aliphatic heterocycles. The van der Waals surface area contributed by atoms with Crippen LogP contribution in [0.25, 0.3) is 0 Å². The summed E-state index contributed by atoms with van der Waals surface area (Å²) in [6.45, 7) is 28.4. The van der Waals surface area contributed by atoms with Gasteiger partial charge in [-0.05, 0) is 38.0 Å². The third kappa shape index (κ3) is 70.8. The third-order valence-corrected chi connectivity index (χ3v) is 7.32. The Morgan fingerprint density at radius 1 is 0.462 bits per heavy atom. The highest BCUT2D eigenvalue weighted by Gasteiger charge is 2.21. The average Bonchev–Trinajstić information content (AvgIpc) is 3.27. The van der Waals surface area contributed by atoms with Gasteiger partial charge in [0.05, 0.1) is 12.0 Å². The van der Waals surface area contributed by atoms with E-state index in [1.54, 1.807) is 34.6 Å². The number of carboxylic acids is 4. The van der Waals surface area contributed by atoms with Gasteiger partial charge in [-0.3, -0.25) is 47.9 Å². The topological polar surface area (TPSA) is 460 Å². The molecule has 0 radical (unpaired) electrons. The van der Waals surface area contributed by atoms with E-state index in [0.29, 0.717) is 32.1 Å². The van der Waals surface area contributed by atoms with Crippen molar-refractivity contribution in [1.82, 2.24) is 0 Å². The van der Waals surface area contributed by atoms with Crippen LogP contribution in [0.5, 0.6) is 0 Å². The highest BCUT2D eigenvalue weighted by molar-refractivity contribution is 5.84. The molecule has 390 valence electrons. The number of carboxylic acid groups (broad SMARTS) is 4. The third-order valence-electron chi connectivity index (χ3n) is 7.32. The molecule has 0 spiro atoms. The molecule has 7 unspecified atom stereocenters. The summed E-state index contributed by atoms with van der Waals surface area (Å²) in [4.78, 5) is 104. The number of aliphatic carboxylic acids is 4. The maximum absolute atomic E-state index is 10.8. The lowest BCUT2D eigenvalue weighted by atomic mass is 9.99. The van der Waals surface area contributed by atoms with Crippen LogP contribution in [0.2, 0.25) is 0 Å². The summed E-state index contributed by atoms with van der Waals surface area (Å²) in [6.07, 6.45) is 3.07. The summed E-state index contributed by atoms with van der Waals surface area (Å²) < 4.78 is 0. The number of hydrogen-bond acceptors (Lipinski definition) is 14. The molecule has 0 aliphatic rings. The second-order valence-corrected chi connectivity index (χ2v) is 12.3. The molecule has 22 nitrogen and oxygen atoms in total. The molecule has 7 atom stereocenters. The number of hydrogen-bond donors (Lipinski definition) is 12. The number of primary amides is 4. The summed E-state index contributed by atoms with van der Waals surface area (Å²) in [7, 11) is 0. The van der Waals surface area contributed by atoms with Gasteiger partial charge in [0.1, 0.15) is 29.7 Å². The van der Waals surface area contributed by atoms with Crippen molar-refractivity contribution in [2.75, 3.05) is 0 Å². The SMILES string of the molecule is CC.CC.CC.CC.CC.CC(CC(N)=O)C(N)C(=O)O.CC(CC(N)C(=O)O)C(N)=O.CCC(=O)C(N)CCC(N)=O.CCC(=O)CCC(N)C(=O)O.CCC(CCC(N)=O)C(=O)O. The van der Waals surface area contributed by atoms with Crippen LogP contribution < -0.4 is 45.9 Å². The zero-order chi connectivity index (χ0) is 54.6. The fraction of sp³-hybridized carbons (Fsp3) is 0.767. The Balaban J connectivity index is -0.0000000691. The summed E-state index contributed by atoms with van der Waals surface area (Å²) in [5.74, 6) is -7.33. The van der Waals surface area contributed by atoms with Gasteiger partial charge in [-0.25, -0.2) is 0 Å². The number of carbonyl (C=O) groups is 10. The smallest absolute Gasteiger partial charge is 0.320 e. The zero-order valence-corrected chi connectivity index (χ0v) is 42.3. The molecule has 0 rings (SSSR count). The van der Waals surface area contributed by atoms with Gasteiger partial charge in [0.25, 0.3) is 0 Å². The van der Waals surface area contributed by atoms with Crippen molar-refractivity contribution in [2.24, 2.45) is 63.6 Å². The Morgan fingerprint density at radius 3 is 1.09 bits per heavy atom. The number of Topliss-reactive ketones (excluding diaryl/α,β-unsaturated/α-hetero) is 2. The van der Waals surface area contributed by atoms with E-state index in [-0.39, 0.29) is 50.1 Å². The van der Waals surface area contributed by atoms with Crippen LogP contribution in [-0.2, 0) is 47.9 Å². The molecule has 20 N–H and O–H groups in total. The molecule has 0 aromatic carbocycles. The quantitative estimate of drug-likeness (QED) is 0.0700. The molecule has 0 aromatic rings. The van der Waals surface area contributed by atoms with Crippen LogP contribution in [0.15, 0.2) is 0 Å². The summed E-state index contributed by atoms with van der Waals surface area (Å²) >= 11 is 0. The first-order valence-electron chi connectivity index (χ1n) is 22.2. The standard InChI is InChI=1S/C7H14N2O2.2C7H13NO3.2C6H12N2O3.5C2H6/c1-2-6(10)5(8)3-4-7(9)11;1-2-5(9)3-4-6(8)7(10)11;1-2-5(7(10)11)3-4-6(8)9;1-3(2-4(7)9)5(8)6(10)11;1-3(5(8)9)2-4(7)6(10)11;5*1-2/h5H,2-4,8H2,1H3,(H2,9,11);6H,2-4,8H2,1H3,(H,10,11);5H,2-4H2,1H3,(H2,8,9)(H,10,11);3,5H,2,8H2,1H3,(H2,7,9)(H,10,11);3-4H,2,7H2,1H3,(H2,8,9)(H,10,11);5*1-2H3. The van der Waals surface area contributed by atoms with E-state index < -0.39 is 89.4 Å². The fourth-order valence-electron chi connectivity index (χ4n) is 3.44. The van der Waals surface area contributed by atoms with E-state index in [2.05, 4.69) is 0 Å². The van der Waals surface area contributed by atoms with Gasteiger partial charge in [0.15, 0.2) is 0 Å². The molecule has 0 aromatic heterocycles. The van der Waals surface area contributed by atoms with Crippen molar-refractivity contribution in [3.05, 3.63) is 0 Å². The Morgan fingerprint density at radius 2 is 0.831 bits per heavy atom. The second kappa shape index (κ2) is 61.0. The van der Waals surface area contributed by atoms with Gasteiger partial charge in [-0.15, -0.1) is 0 Å². The molecule has 4 amide bonds. The zero-order valence-electron chi connectivity index (χ0n) is 42.3. The predicted octanol–water partition coefficient (Wildman–Crippen LogP) is 3.03. The van der Waals surface area contributed by atoms with E-state index in [1.165, 1.54) is 0 Å². The van der Waals surface area contributed by atoms with Crippen LogP contribution in [-0.4, -0.2) is 104 Å². The van der Waals surface area contributed by atoms with Crippen LogP contribution in [0.1, 0.15) is 174 Å². The molecule has 0 saturated heterocycles. The molecule has 65 heavy (non-hydrogen) atoms. The van der Waals surface area contributed by atoms with Crippen molar-refractivity contribution in [2.45, 2.75) is 199 Å².